The predicted octanol–water partition coefficient (Wildman–Crippen LogP) is 4.50. The van der Waals surface area contributed by atoms with E-state index >= 15 is 0 Å². The maximum absolute atomic E-state index is 10.3. The molecule has 2 aromatic rings. The van der Waals surface area contributed by atoms with Crippen molar-refractivity contribution >= 4 is 26.5 Å². The van der Waals surface area contributed by atoms with Crippen molar-refractivity contribution in [1.29, 1.82) is 0 Å². The zero-order valence-corrected chi connectivity index (χ0v) is 21.3. The van der Waals surface area contributed by atoms with Gasteiger partial charge in [0.2, 0.25) is 10.0 Å². The Kier molecular flexibility index (Phi) is 8.41. The molecule has 0 bridgehead atoms. The van der Waals surface area contributed by atoms with Crippen LogP contribution in [-0.4, -0.2) is 58.3 Å². The molecule has 1 aromatic heterocycles. The molecule has 0 amide bonds. The summed E-state index contributed by atoms with van der Waals surface area (Å²) in [6, 6.07) is 6.03. The van der Waals surface area contributed by atoms with Crippen molar-refractivity contribution in [3.8, 4) is 22.8 Å². The van der Waals surface area contributed by atoms with Crippen LogP contribution in [0, 0.1) is 11.8 Å². The van der Waals surface area contributed by atoms with Gasteiger partial charge >= 0.3 is 0 Å². The van der Waals surface area contributed by atoms with Gasteiger partial charge in [0.25, 0.3) is 0 Å². The first-order valence-electron chi connectivity index (χ1n) is 11.1. The number of ether oxygens (including phenoxy) is 2. The molecule has 2 aliphatic rings. The lowest BCUT2D eigenvalue weighted by molar-refractivity contribution is 0.300. The highest BCUT2D eigenvalue weighted by Crippen LogP contribution is 2.43. The minimum absolute atomic E-state index is 0.669. The van der Waals surface area contributed by atoms with E-state index in [-0.39, 0.29) is 0 Å². The third-order valence-electron chi connectivity index (χ3n) is 6.07. The zero-order chi connectivity index (χ0) is 23.3. The number of fused-ring (bicyclic) bond motifs is 3. The van der Waals surface area contributed by atoms with Crippen molar-refractivity contribution in [3.63, 3.8) is 0 Å². The third kappa shape index (κ3) is 6.36. The topological polar surface area (TPSA) is 80.8 Å². The standard InChI is InChI=1S/C20H26N2O2S.C3H9NO2S/c1-13-6-8-14(9-7-13)12-21-20-22-18-15-4-3-5-16(23-2)19(15)24-11-10-17(18)25-20;1-4(2)7(3,5)6/h3-5,13-14H,6-12H2,1-2H3,(H,21,22);1-3H3. The van der Waals surface area contributed by atoms with Crippen LogP contribution in [0.1, 0.15) is 37.5 Å². The molecule has 0 atom stereocenters. The summed E-state index contributed by atoms with van der Waals surface area (Å²) >= 11 is 1.77. The highest BCUT2D eigenvalue weighted by atomic mass is 32.2. The number of nitrogens with one attached hydrogen (secondary N) is 1. The van der Waals surface area contributed by atoms with Crippen LogP contribution in [0.25, 0.3) is 11.3 Å². The van der Waals surface area contributed by atoms with Gasteiger partial charge in [-0.05, 0) is 36.8 Å². The predicted molar refractivity (Wildman–Crippen MR) is 131 cm³/mol. The van der Waals surface area contributed by atoms with E-state index in [1.807, 2.05) is 12.1 Å². The maximum Gasteiger partial charge on any atom is 0.210 e. The number of hydrogen-bond donors (Lipinski definition) is 1. The van der Waals surface area contributed by atoms with E-state index in [9.17, 15) is 8.42 Å². The Bertz CT molecular complexity index is 997. The Morgan fingerprint density at radius 2 is 1.94 bits per heavy atom. The molecule has 9 heteroatoms. The van der Waals surface area contributed by atoms with Gasteiger partial charge in [-0.3, -0.25) is 0 Å². The minimum atomic E-state index is -2.91. The van der Waals surface area contributed by atoms with Gasteiger partial charge in [-0.25, -0.2) is 17.7 Å². The fourth-order valence-electron chi connectivity index (χ4n) is 3.83. The Balaban J connectivity index is 0.000000360. The Hall–Kier alpha value is -1.84. The lowest BCUT2D eigenvalue weighted by atomic mass is 9.83. The molecular weight excluding hydrogens is 446 g/mol. The maximum atomic E-state index is 10.3. The summed E-state index contributed by atoms with van der Waals surface area (Å²) in [4.78, 5) is 6.20. The van der Waals surface area contributed by atoms with Crippen LogP contribution in [0.2, 0.25) is 0 Å². The van der Waals surface area contributed by atoms with Gasteiger partial charge in [0.05, 0.1) is 25.7 Å². The molecule has 32 heavy (non-hydrogen) atoms. The number of nitrogens with zero attached hydrogens (tertiary/aromatic N) is 2. The Labute approximate surface area is 196 Å². The fraction of sp³-hybridized carbons (Fsp3) is 0.609. The molecule has 0 saturated heterocycles. The van der Waals surface area contributed by atoms with Gasteiger partial charge in [-0.15, -0.1) is 11.3 Å². The third-order valence-corrected chi connectivity index (χ3v) is 8.47. The Morgan fingerprint density at radius 3 is 2.56 bits per heavy atom. The highest BCUT2D eigenvalue weighted by molar-refractivity contribution is 7.88. The molecule has 0 radical (unpaired) electrons. The Morgan fingerprint density at radius 1 is 1.25 bits per heavy atom. The van der Waals surface area contributed by atoms with Gasteiger partial charge in [0.1, 0.15) is 0 Å². The smallest absolute Gasteiger partial charge is 0.210 e. The largest absolute Gasteiger partial charge is 0.493 e. The van der Waals surface area contributed by atoms with E-state index in [1.54, 1.807) is 18.4 Å². The summed E-state index contributed by atoms with van der Waals surface area (Å²) in [7, 11) is 1.77. The van der Waals surface area contributed by atoms with Crippen molar-refractivity contribution in [3.05, 3.63) is 23.1 Å². The monoisotopic (exact) mass is 481 g/mol. The van der Waals surface area contributed by atoms with E-state index in [0.717, 1.165) is 63.3 Å². The van der Waals surface area contributed by atoms with Crippen LogP contribution in [0.3, 0.4) is 0 Å². The number of thiazole rings is 1. The first kappa shape index (κ1) is 24.8. The lowest BCUT2D eigenvalue weighted by Crippen LogP contribution is -2.20. The number of rotatable bonds is 5. The molecule has 1 saturated carbocycles. The second-order valence-corrected chi connectivity index (χ2v) is 12.1. The summed E-state index contributed by atoms with van der Waals surface area (Å²) in [6.07, 6.45) is 7.47. The number of sulfonamides is 1. The van der Waals surface area contributed by atoms with Crippen LogP contribution >= 0.6 is 11.3 Å². The molecule has 2 heterocycles. The van der Waals surface area contributed by atoms with Crippen molar-refractivity contribution in [2.75, 3.05) is 45.9 Å². The zero-order valence-electron chi connectivity index (χ0n) is 19.7. The quantitative estimate of drug-likeness (QED) is 0.677. The summed E-state index contributed by atoms with van der Waals surface area (Å²) in [5.74, 6) is 3.29. The molecule has 7 nitrogen and oxygen atoms in total. The molecule has 0 spiro atoms. The van der Waals surface area contributed by atoms with Gasteiger partial charge in [0, 0.05) is 37.5 Å². The number of methoxy groups -OCH3 is 1. The molecule has 0 unspecified atom stereocenters. The molecule has 1 aliphatic heterocycles. The average molecular weight is 482 g/mol. The summed E-state index contributed by atoms with van der Waals surface area (Å²) < 4.78 is 33.1. The van der Waals surface area contributed by atoms with E-state index in [2.05, 4.69) is 18.3 Å². The number of hydrogen-bond acceptors (Lipinski definition) is 7. The van der Waals surface area contributed by atoms with Crippen LogP contribution in [0.15, 0.2) is 18.2 Å². The second-order valence-electron chi connectivity index (χ2n) is 8.78. The summed E-state index contributed by atoms with van der Waals surface area (Å²) in [5, 5.41) is 4.64. The average Bonchev–Trinajstić information content (AvgIpc) is 3.08. The van der Waals surface area contributed by atoms with Crippen molar-refractivity contribution in [1.82, 2.24) is 9.29 Å². The molecule has 178 valence electrons. The van der Waals surface area contributed by atoms with Crippen molar-refractivity contribution < 1.29 is 17.9 Å². The van der Waals surface area contributed by atoms with E-state index in [1.165, 1.54) is 44.7 Å². The summed E-state index contributed by atoms with van der Waals surface area (Å²) in [5.41, 5.74) is 2.10. The molecular formula is C23H35N3O4S2. The van der Waals surface area contributed by atoms with Gasteiger partial charge in [0.15, 0.2) is 16.6 Å². The van der Waals surface area contributed by atoms with E-state index < -0.39 is 10.0 Å². The fourth-order valence-corrected chi connectivity index (χ4v) is 4.79. The number of aromatic nitrogens is 1. The SMILES string of the molecule is CN(C)S(C)(=O)=O.COc1cccc2c1OCCc1sc(NCC3CCC(C)CC3)nc1-2. The van der Waals surface area contributed by atoms with Crippen LogP contribution in [0.5, 0.6) is 11.5 Å². The van der Waals surface area contributed by atoms with Gasteiger partial charge in [-0.1, -0.05) is 25.8 Å². The number of benzene rings is 1. The van der Waals surface area contributed by atoms with Crippen molar-refractivity contribution in [2.24, 2.45) is 11.8 Å². The van der Waals surface area contributed by atoms with Crippen LogP contribution < -0.4 is 14.8 Å². The van der Waals surface area contributed by atoms with Gasteiger partial charge < -0.3 is 14.8 Å². The van der Waals surface area contributed by atoms with Crippen molar-refractivity contribution in [2.45, 2.75) is 39.0 Å². The minimum Gasteiger partial charge on any atom is -0.493 e. The van der Waals surface area contributed by atoms with Crippen LogP contribution in [-0.2, 0) is 16.4 Å². The molecule has 1 aromatic carbocycles. The van der Waals surface area contributed by atoms with E-state index in [0.29, 0.717) is 6.61 Å². The molecule has 1 N–H and O–H groups in total. The second kappa shape index (κ2) is 10.9. The molecule has 1 aliphatic carbocycles. The lowest BCUT2D eigenvalue weighted by Gasteiger charge is -2.26. The number of anilines is 1. The normalized spacial score (nSPS) is 20.2. The van der Waals surface area contributed by atoms with Crippen LogP contribution in [0.4, 0.5) is 5.13 Å². The summed E-state index contributed by atoms with van der Waals surface area (Å²) in [6.45, 7) is 4.08. The molecule has 4 rings (SSSR count). The first-order chi connectivity index (χ1) is 15.2. The number of para-hydroxylation sites is 1. The first-order valence-corrected chi connectivity index (χ1v) is 13.8. The van der Waals surface area contributed by atoms with E-state index in [4.69, 9.17) is 14.5 Å². The van der Waals surface area contributed by atoms with Gasteiger partial charge in [-0.2, -0.15) is 0 Å². The molecule has 1 fully saturated rings. The highest BCUT2D eigenvalue weighted by Gasteiger charge is 2.23.